The Hall–Kier alpha value is -3.00. The molecular weight excluding hydrogens is 428 g/mol. The molecule has 2 aliphatic rings. The Morgan fingerprint density at radius 3 is 2.65 bits per heavy atom. The van der Waals surface area contributed by atoms with E-state index in [1.54, 1.807) is 24.3 Å². The number of likely N-dealkylation sites (tertiary alicyclic amines) is 1. The van der Waals surface area contributed by atoms with E-state index < -0.39 is 12.3 Å². The van der Waals surface area contributed by atoms with Crippen LogP contribution in [0.5, 0.6) is 5.75 Å². The van der Waals surface area contributed by atoms with Gasteiger partial charge in [-0.05, 0) is 24.3 Å². The number of halogens is 3. The molecule has 0 saturated carbocycles. The van der Waals surface area contributed by atoms with E-state index in [4.69, 9.17) is 16.3 Å². The number of hydrazone groups is 1. The van der Waals surface area contributed by atoms with Crippen molar-refractivity contribution in [2.45, 2.75) is 25.3 Å². The lowest BCUT2D eigenvalue weighted by molar-refractivity contribution is -0.137. The molecule has 0 spiro atoms. The highest BCUT2D eigenvalue weighted by Gasteiger charge is 2.40. The van der Waals surface area contributed by atoms with Gasteiger partial charge in [0.15, 0.2) is 0 Å². The number of methoxy groups -OCH3 is 1. The molecule has 1 saturated heterocycles. The van der Waals surface area contributed by atoms with Crippen molar-refractivity contribution in [2.24, 2.45) is 5.10 Å². The Morgan fingerprint density at radius 2 is 1.94 bits per heavy atom. The normalized spacial score (nSPS) is 16.9. The Morgan fingerprint density at radius 1 is 1.19 bits per heavy atom. The molecule has 1 fully saturated rings. The van der Waals surface area contributed by atoms with E-state index >= 15 is 0 Å². The number of ether oxygens (including phenoxy) is 1. The summed E-state index contributed by atoms with van der Waals surface area (Å²) in [5.74, 6) is -0.0449. The van der Waals surface area contributed by atoms with Crippen LogP contribution in [0.15, 0.2) is 47.6 Å². The summed E-state index contributed by atoms with van der Waals surface area (Å²) in [6.07, 6.45) is -1.99. The van der Waals surface area contributed by atoms with Crippen LogP contribution in [0.25, 0.3) is 0 Å². The molecule has 2 amide bonds. The van der Waals surface area contributed by atoms with Gasteiger partial charge >= 0.3 is 0 Å². The molecule has 2 aromatic rings. The highest BCUT2D eigenvalue weighted by Crippen LogP contribution is 2.30. The lowest BCUT2D eigenvalue weighted by Gasteiger charge is -2.44. The number of nitrogens with zero attached hydrogens (tertiary/aromatic N) is 3. The zero-order chi connectivity index (χ0) is 22.1. The first kappa shape index (κ1) is 21.2. The molecule has 31 heavy (non-hydrogen) atoms. The van der Waals surface area contributed by atoms with Crippen LogP contribution in [0, 0.1) is 0 Å². The van der Waals surface area contributed by atoms with Crippen molar-refractivity contribution in [1.29, 1.82) is 0 Å². The van der Waals surface area contributed by atoms with E-state index in [-0.39, 0.29) is 42.6 Å². The Kier molecular flexibility index (Phi) is 5.91. The summed E-state index contributed by atoms with van der Waals surface area (Å²) in [7, 11) is 1.54. The molecular formula is C22H20ClF2N3O3. The second kappa shape index (κ2) is 8.63. The van der Waals surface area contributed by atoms with Gasteiger partial charge in [0.25, 0.3) is 12.3 Å². The number of benzene rings is 2. The van der Waals surface area contributed by atoms with Crippen molar-refractivity contribution in [2.75, 3.05) is 20.2 Å². The van der Waals surface area contributed by atoms with Crippen LogP contribution in [0.2, 0.25) is 5.02 Å². The van der Waals surface area contributed by atoms with Gasteiger partial charge in [-0.15, -0.1) is 0 Å². The highest BCUT2D eigenvalue weighted by atomic mass is 35.5. The average molecular weight is 448 g/mol. The van der Waals surface area contributed by atoms with Crippen LogP contribution in [0.4, 0.5) is 8.78 Å². The molecule has 2 aliphatic heterocycles. The number of rotatable bonds is 5. The molecule has 0 unspecified atom stereocenters. The first-order valence-corrected chi connectivity index (χ1v) is 10.2. The SMILES string of the molecule is COc1cc(Cl)ccc1C1=NN(C2CN(C(=O)c3ccccc3C(F)F)C2)C(=O)CC1. The van der Waals surface area contributed by atoms with Crippen LogP contribution in [0.3, 0.4) is 0 Å². The minimum Gasteiger partial charge on any atom is -0.496 e. The van der Waals surface area contributed by atoms with E-state index in [9.17, 15) is 18.4 Å². The number of amides is 2. The second-order valence-corrected chi connectivity index (χ2v) is 7.82. The van der Waals surface area contributed by atoms with Crippen LogP contribution in [0.1, 0.15) is 40.8 Å². The lowest BCUT2D eigenvalue weighted by Crippen LogP contribution is -2.61. The van der Waals surface area contributed by atoms with Crippen molar-refractivity contribution >= 4 is 29.1 Å². The van der Waals surface area contributed by atoms with E-state index in [0.29, 0.717) is 22.9 Å². The summed E-state index contributed by atoms with van der Waals surface area (Å²) < 4.78 is 31.8. The molecule has 4 rings (SSSR count). The minimum absolute atomic E-state index is 0.0176. The quantitative estimate of drug-likeness (QED) is 0.692. The smallest absolute Gasteiger partial charge is 0.264 e. The molecule has 0 radical (unpaired) electrons. The van der Waals surface area contributed by atoms with Gasteiger partial charge in [-0.25, -0.2) is 13.8 Å². The van der Waals surface area contributed by atoms with E-state index in [0.717, 1.165) is 5.56 Å². The van der Waals surface area contributed by atoms with E-state index in [1.165, 1.54) is 35.2 Å². The molecule has 9 heteroatoms. The Bertz CT molecular complexity index is 1050. The summed E-state index contributed by atoms with van der Waals surface area (Å²) in [4.78, 5) is 26.6. The summed E-state index contributed by atoms with van der Waals surface area (Å²) in [5.41, 5.74) is 1.14. The van der Waals surface area contributed by atoms with Gasteiger partial charge in [-0.1, -0.05) is 29.8 Å². The van der Waals surface area contributed by atoms with Crippen LogP contribution in [-0.4, -0.2) is 53.7 Å². The third-order valence-corrected chi connectivity index (χ3v) is 5.69. The largest absolute Gasteiger partial charge is 0.496 e. The lowest BCUT2D eigenvalue weighted by atomic mass is 10.00. The fraction of sp³-hybridized carbons (Fsp3) is 0.318. The summed E-state index contributed by atoms with van der Waals surface area (Å²) in [5, 5.41) is 6.45. The Balaban J connectivity index is 1.51. The number of hydrogen-bond acceptors (Lipinski definition) is 4. The molecule has 0 bridgehead atoms. The molecule has 0 atom stereocenters. The van der Waals surface area contributed by atoms with Gasteiger partial charge in [0, 0.05) is 47.6 Å². The zero-order valence-corrected chi connectivity index (χ0v) is 17.5. The fourth-order valence-corrected chi connectivity index (χ4v) is 3.94. The molecule has 2 aromatic carbocycles. The van der Waals surface area contributed by atoms with Gasteiger partial charge in [0.05, 0.1) is 18.9 Å². The molecule has 0 aromatic heterocycles. The number of carbonyl (C=O) groups excluding carboxylic acids is 2. The molecule has 162 valence electrons. The van der Waals surface area contributed by atoms with Crippen LogP contribution < -0.4 is 4.74 Å². The number of carbonyl (C=O) groups is 2. The zero-order valence-electron chi connectivity index (χ0n) is 16.7. The van der Waals surface area contributed by atoms with Crippen LogP contribution in [-0.2, 0) is 4.79 Å². The topological polar surface area (TPSA) is 62.2 Å². The molecule has 6 nitrogen and oxygen atoms in total. The Labute approximate surface area is 183 Å². The summed E-state index contributed by atoms with van der Waals surface area (Å²) in [6.45, 7) is 0.466. The molecule has 2 heterocycles. The minimum atomic E-state index is -2.73. The third-order valence-electron chi connectivity index (χ3n) is 5.46. The van der Waals surface area contributed by atoms with Crippen LogP contribution >= 0.6 is 11.6 Å². The van der Waals surface area contributed by atoms with Crippen molar-refractivity contribution < 1.29 is 23.1 Å². The van der Waals surface area contributed by atoms with Crippen molar-refractivity contribution in [3.05, 3.63) is 64.2 Å². The van der Waals surface area contributed by atoms with Crippen molar-refractivity contribution in [3.8, 4) is 5.75 Å². The number of hydrogen-bond donors (Lipinski definition) is 0. The number of alkyl halides is 2. The first-order valence-electron chi connectivity index (χ1n) is 9.79. The second-order valence-electron chi connectivity index (χ2n) is 7.38. The molecule has 0 aliphatic carbocycles. The molecule has 0 N–H and O–H groups in total. The van der Waals surface area contributed by atoms with E-state index in [1.807, 2.05) is 0 Å². The average Bonchev–Trinajstić information content (AvgIpc) is 2.73. The van der Waals surface area contributed by atoms with Crippen molar-refractivity contribution in [1.82, 2.24) is 9.91 Å². The van der Waals surface area contributed by atoms with Gasteiger partial charge < -0.3 is 9.64 Å². The predicted octanol–water partition coefficient (Wildman–Crippen LogP) is 4.14. The summed E-state index contributed by atoms with van der Waals surface area (Å²) >= 11 is 6.03. The maximum Gasteiger partial charge on any atom is 0.264 e. The maximum absolute atomic E-state index is 13.2. The highest BCUT2D eigenvalue weighted by molar-refractivity contribution is 6.31. The van der Waals surface area contributed by atoms with E-state index in [2.05, 4.69) is 5.10 Å². The third kappa shape index (κ3) is 4.12. The first-order chi connectivity index (χ1) is 14.9. The van der Waals surface area contributed by atoms with Crippen molar-refractivity contribution in [3.63, 3.8) is 0 Å². The van der Waals surface area contributed by atoms with Gasteiger partial charge in [0.2, 0.25) is 5.91 Å². The fourth-order valence-electron chi connectivity index (χ4n) is 3.78. The standard InChI is InChI=1S/C22H20ClF2N3O3/c1-31-19-10-13(23)6-7-17(19)18-8-9-20(29)28(26-18)14-11-27(12-14)22(30)16-5-3-2-4-15(16)21(24)25/h2-7,10,14,21H,8-9,11-12H2,1H3. The maximum atomic E-state index is 13.2. The van der Waals surface area contributed by atoms with Gasteiger partial charge in [0.1, 0.15) is 5.75 Å². The monoisotopic (exact) mass is 447 g/mol. The summed E-state index contributed by atoms with van der Waals surface area (Å²) in [6, 6.07) is 10.6. The van der Waals surface area contributed by atoms with Gasteiger partial charge in [-0.3, -0.25) is 9.59 Å². The predicted molar refractivity (Wildman–Crippen MR) is 112 cm³/mol. The van der Waals surface area contributed by atoms with Gasteiger partial charge in [-0.2, -0.15) is 5.10 Å².